The summed E-state index contributed by atoms with van der Waals surface area (Å²) < 4.78 is 59.2. The number of rotatable bonds is 17. The van der Waals surface area contributed by atoms with Gasteiger partial charge in [0.15, 0.2) is 0 Å². The average molecular weight is 993 g/mol. The number of carbonyl (C=O) groups excluding carboxylic acids is 3. The van der Waals surface area contributed by atoms with E-state index in [0.717, 1.165) is 49.3 Å². The number of aliphatic hydroxyl groups is 1. The summed E-state index contributed by atoms with van der Waals surface area (Å²) in [5.41, 5.74) is 6.32. The molecule has 0 radical (unpaired) electrons. The second-order valence-corrected chi connectivity index (χ2v) is 21.4. The van der Waals surface area contributed by atoms with Crippen molar-refractivity contribution in [3.63, 3.8) is 0 Å². The predicted octanol–water partition coefficient (Wildman–Crippen LogP) is 8.91. The van der Waals surface area contributed by atoms with Gasteiger partial charge in [0.2, 0.25) is 17.7 Å². The van der Waals surface area contributed by atoms with Gasteiger partial charge in [-0.15, -0.1) is 11.3 Å². The van der Waals surface area contributed by atoms with Gasteiger partial charge in [-0.2, -0.15) is 0 Å². The Morgan fingerprint density at radius 2 is 1.63 bits per heavy atom. The number of aryl methyl sites for hydroxylation is 1. The topological polar surface area (TPSA) is 149 Å². The zero-order chi connectivity index (χ0) is 50.8. The number of amides is 3. The standard InChI is InChI=1S/C55H63F3N6O6S/c1-32-22-41-40-10-8-9-11-44(40)61-48(41)49(64(32)30-55(6,7)58)47-42(56)24-39(25-43(47)57)70-28-36-14-12-34(13-15-36)20-21-69-29-46(66)62-51(54(3,4)5)53(68)63-27-38(65)23-45(63)52(67)59-26-35-16-18-37(19-17-35)50-33(2)60-31-71-50/h8-19,24-25,31-32,38,45,49,51,61,65H,20-23,26-30H2,1-7H3,(H,59,67)(H,62,66)/t32-,38-,45+,49-,51?/m1/s1. The molecule has 4 heterocycles. The van der Waals surface area contributed by atoms with Gasteiger partial charge in [0.1, 0.15) is 48.4 Å². The van der Waals surface area contributed by atoms with Crippen molar-refractivity contribution in [2.75, 3.05) is 26.3 Å². The number of para-hydroxylation sites is 1. The SMILES string of the molecule is Cc1ncsc1-c1ccc(CNC(=O)[C@@H]2C[C@@H](O)CN2C(=O)C(NC(=O)COCCc2ccc(COc3cc(F)c([C@@H]4c5[nH]c6ccccc6c5C[C@@H](C)N4CC(C)(C)F)c(F)c3)cc2)C(C)(C)C)cc1. The lowest BCUT2D eigenvalue weighted by Gasteiger charge is -2.43. The highest BCUT2D eigenvalue weighted by Gasteiger charge is 2.45. The van der Waals surface area contributed by atoms with Crippen LogP contribution in [0.2, 0.25) is 0 Å². The first kappa shape index (κ1) is 51.3. The first-order chi connectivity index (χ1) is 33.7. The smallest absolute Gasteiger partial charge is 0.246 e. The molecule has 5 atom stereocenters. The second kappa shape index (κ2) is 21.3. The fraction of sp³-hybridized carbons (Fsp3) is 0.418. The number of aromatic amines is 1. The van der Waals surface area contributed by atoms with E-state index >= 15 is 13.2 Å². The predicted molar refractivity (Wildman–Crippen MR) is 268 cm³/mol. The van der Waals surface area contributed by atoms with Crippen LogP contribution < -0.4 is 15.4 Å². The molecule has 1 fully saturated rings. The molecule has 8 rings (SSSR count). The summed E-state index contributed by atoms with van der Waals surface area (Å²) >= 11 is 1.56. The molecule has 4 aromatic carbocycles. The Bertz CT molecular complexity index is 2830. The second-order valence-electron chi connectivity index (χ2n) is 20.6. The lowest BCUT2D eigenvalue weighted by atomic mass is 9.85. The Labute approximate surface area is 417 Å². The third-order valence-electron chi connectivity index (χ3n) is 13.3. The first-order valence-electron chi connectivity index (χ1n) is 24.1. The Hall–Kier alpha value is -6.07. The number of β-amino-alcohol motifs (C(OH)–C–C–N with tert-alkyl or cyclic N) is 1. The number of ether oxygens (including phenoxy) is 2. The van der Waals surface area contributed by atoms with Gasteiger partial charge in [0.05, 0.1) is 34.8 Å². The van der Waals surface area contributed by atoms with Crippen LogP contribution in [0.4, 0.5) is 13.2 Å². The lowest BCUT2D eigenvalue weighted by Crippen LogP contribution is -2.58. The molecular formula is C55H63F3N6O6S. The number of thiazole rings is 1. The molecule has 0 saturated carbocycles. The van der Waals surface area contributed by atoms with Crippen molar-refractivity contribution in [3.8, 4) is 16.2 Å². The maximum atomic E-state index is 16.2. The number of carbonyl (C=O) groups is 3. The van der Waals surface area contributed by atoms with E-state index in [9.17, 15) is 19.5 Å². The van der Waals surface area contributed by atoms with Gasteiger partial charge in [-0.05, 0) is 79.8 Å². The molecular weight excluding hydrogens is 930 g/mol. The van der Waals surface area contributed by atoms with Crippen molar-refractivity contribution in [1.82, 2.24) is 30.4 Å². The van der Waals surface area contributed by atoms with Crippen LogP contribution in [-0.4, -0.2) is 98.8 Å². The number of aromatic nitrogens is 2. The van der Waals surface area contributed by atoms with Crippen LogP contribution in [0, 0.1) is 24.0 Å². The van der Waals surface area contributed by atoms with E-state index in [2.05, 4.69) is 20.6 Å². The van der Waals surface area contributed by atoms with E-state index < -0.39 is 58.8 Å². The third-order valence-corrected chi connectivity index (χ3v) is 14.3. The molecule has 4 N–H and O–H groups in total. The summed E-state index contributed by atoms with van der Waals surface area (Å²) in [6.45, 7) is 12.4. The van der Waals surface area contributed by atoms with E-state index in [1.54, 1.807) is 16.8 Å². The minimum Gasteiger partial charge on any atom is -0.489 e. The first-order valence-corrected chi connectivity index (χ1v) is 25.0. The highest BCUT2D eigenvalue weighted by molar-refractivity contribution is 7.13. The fourth-order valence-corrected chi connectivity index (χ4v) is 10.5. The molecule has 2 aliphatic rings. The molecule has 2 aromatic heterocycles. The van der Waals surface area contributed by atoms with Crippen LogP contribution in [0.1, 0.15) is 93.2 Å². The van der Waals surface area contributed by atoms with Gasteiger partial charge in [-0.3, -0.25) is 19.3 Å². The molecule has 71 heavy (non-hydrogen) atoms. The van der Waals surface area contributed by atoms with Crippen LogP contribution in [0.15, 0.2) is 90.4 Å². The van der Waals surface area contributed by atoms with Crippen molar-refractivity contribution >= 4 is 40.0 Å². The number of halogens is 3. The summed E-state index contributed by atoms with van der Waals surface area (Å²) in [5.74, 6) is -2.90. The summed E-state index contributed by atoms with van der Waals surface area (Å²) in [6, 6.07) is 22.4. The number of nitrogens with zero attached hydrogens (tertiary/aromatic N) is 3. The molecule has 0 spiro atoms. The Balaban J connectivity index is 0.819. The molecule has 1 saturated heterocycles. The maximum Gasteiger partial charge on any atom is 0.246 e. The molecule has 1 unspecified atom stereocenters. The highest BCUT2D eigenvalue weighted by Crippen LogP contribution is 2.44. The maximum absolute atomic E-state index is 16.2. The zero-order valence-corrected chi connectivity index (χ0v) is 42.1. The van der Waals surface area contributed by atoms with Crippen molar-refractivity contribution in [2.24, 2.45) is 5.41 Å². The summed E-state index contributed by atoms with van der Waals surface area (Å²) in [7, 11) is 0. The van der Waals surface area contributed by atoms with Crippen molar-refractivity contribution in [3.05, 3.63) is 141 Å². The summed E-state index contributed by atoms with van der Waals surface area (Å²) in [6.07, 6.45) is 0.257. The van der Waals surface area contributed by atoms with Gasteiger partial charge in [0, 0.05) is 66.4 Å². The molecule has 3 amide bonds. The number of benzene rings is 4. The fourth-order valence-electron chi connectivity index (χ4n) is 9.71. The largest absolute Gasteiger partial charge is 0.489 e. The minimum absolute atomic E-state index is 0.0209. The van der Waals surface area contributed by atoms with Gasteiger partial charge in [-0.25, -0.2) is 18.2 Å². The molecule has 16 heteroatoms. The number of H-pyrrole nitrogens is 1. The highest BCUT2D eigenvalue weighted by atomic mass is 32.1. The number of likely N-dealkylation sites (tertiary alicyclic amines) is 1. The monoisotopic (exact) mass is 992 g/mol. The van der Waals surface area contributed by atoms with Crippen molar-refractivity contribution in [2.45, 2.75) is 117 Å². The number of fused-ring (bicyclic) bond motifs is 3. The summed E-state index contributed by atoms with van der Waals surface area (Å²) in [5, 5.41) is 17.3. The molecule has 12 nitrogen and oxygen atoms in total. The van der Waals surface area contributed by atoms with E-state index in [-0.39, 0.29) is 69.1 Å². The molecule has 6 aromatic rings. The minimum atomic E-state index is -1.61. The van der Waals surface area contributed by atoms with Crippen molar-refractivity contribution in [1.29, 1.82) is 0 Å². The molecule has 2 aliphatic heterocycles. The van der Waals surface area contributed by atoms with Crippen LogP contribution in [0.5, 0.6) is 5.75 Å². The molecule has 0 bridgehead atoms. The average Bonchev–Trinajstić information content (AvgIpc) is 4.04. The number of aliphatic hydroxyl groups excluding tert-OH is 1. The number of hydrogen-bond donors (Lipinski definition) is 4. The Kier molecular flexibility index (Phi) is 15.4. The summed E-state index contributed by atoms with van der Waals surface area (Å²) in [4.78, 5) is 52.7. The molecule has 376 valence electrons. The zero-order valence-electron chi connectivity index (χ0n) is 41.3. The van der Waals surface area contributed by atoms with Crippen LogP contribution in [0.25, 0.3) is 21.3 Å². The number of hydrogen-bond acceptors (Lipinski definition) is 9. The Morgan fingerprint density at radius 1 is 0.958 bits per heavy atom. The van der Waals surface area contributed by atoms with E-state index in [1.165, 1.54) is 30.9 Å². The van der Waals surface area contributed by atoms with Gasteiger partial charge in [-0.1, -0.05) is 87.5 Å². The number of nitrogens with one attached hydrogen (secondary N) is 3. The number of alkyl halides is 1. The molecule has 0 aliphatic carbocycles. The van der Waals surface area contributed by atoms with Crippen LogP contribution >= 0.6 is 11.3 Å². The van der Waals surface area contributed by atoms with Crippen molar-refractivity contribution < 1.29 is 42.1 Å². The lowest BCUT2D eigenvalue weighted by molar-refractivity contribution is -0.144. The normalized spacial score (nSPS) is 18.9. The Morgan fingerprint density at radius 3 is 2.30 bits per heavy atom. The van der Waals surface area contributed by atoms with Gasteiger partial charge < -0.3 is 35.1 Å². The van der Waals surface area contributed by atoms with Crippen LogP contribution in [0.3, 0.4) is 0 Å². The quantitative estimate of drug-likeness (QED) is 0.0663. The van der Waals surface area contributed by atoms with Gasteiger partial charge in [0.25, 0.3) is 0 Å². The third kappa shape index (κ3) is 12.0. The van der Waals surface area contributed by atoms with E-state index in [1.807, 2.05) is 112 Å². The van der Waals surface area contributed by atoms with Crippen LogP contribution in [-0.2, 0) is 45.1 Å². The van der Waals surface area contributed by atoms with E-state index in [4.69, 9.17) is 9.47 Å². The van der Waals surface area contributed by atoms with E-state index in [0.29, 0.717) is 18.5 Å². The van der Waals surface area contributed by atoms with Gasteiger partial charge >= 0.3 is 0 Å².